The summed E-state index contributed by atoms with van der Waals surface area (Å²) in [6.45, 7) is 11.6. The molecule has 0 bridgehead atoms. The quantitative estimate of drug-likeness (QED) is 0.229. The smallest absolute Gasteiger partial charge is 0.337 e. The lowest BCUT2D eigenvalue weighted by atomic mass is 10.0. The van der Waals surface area contributed by atoms with E-state index in [0.717, 1.165) is 44.2 Å². The van der Waals surface area contributed by atoms with E-state index in [-0.39, 0.29) is 5.97 Å². The molecule has 0 radical (unpaired) electrons. The molecule has 0 spiro atoms. The maximum Gasteiger partial charge on any atom is 0.337 e. The number of esters is 1. The van der Waals surface area contributed by atoms with Crippen molar-refractivity contribution in [3.63, 3.8) is 0 Å². The minimum absolute atomic E-state index is 0.357. The number of hydrogen-bond donors (Lipinski definition) is 1. The molecule has 0 unspecified atom stereocenters. The first-order valence-electron chi connectivity index (χ1n) is 11.9. The third-order valence-electron chi connectivity index (χ3n) is 5.52. The number of allylic oxidation sites excluding steroid dienone is 7. The number of rotatable bonds is 14. The molecule has 0 aliphatic rings. The third kappa shape index (κ3) is 12.2. The second-order valence-corrected chi connectivity index (χ2v) is 8.84. The summed E-state index contributed by atoms with van der Waals surface area (Å²) in [5.41, 5.74) is 6.96. The molecule has 0 heterocycles. The van der Waals surface area contributed by atoms with E-state index >= 15 is 0 Å². The Morgan fingerprint density at radius 3 is 1.88 bits per heavy atom. The topological polar surface area (TPSA) is 47.6 Å². The molecule has 0 aliphatic carbocycles. The molecule has 182 valence electrons. The zero-order valence-corrected chi connectivity index (χ0v) is 21.7. The van der Waals surface area contributed by atoms with Gasteiger partial charge < -0.3 is 14.8 Å². The fourth-order valence-corrected chi connectivity index (χ4v) is 3.41. The van der Waals surface area contributed by atoms with Gasteiger partial charge in [-0.3, -0.25) is 0 Å². The highest BCUT2D eigenvalue weighted by molar-refractivity contribution is 5.91. The second-order valence-electron chi connectivity index (χ2n) is 8.84. The van der Waals surface area contributed by atoms with Gasteiger partial charge in [0.05, 0.1) is 25.5 Å². The lowest BCUT2D eigenvalue weighted by Crippen LogP contribution is -2.05. The molecule has 0 saturated heterocycles. The first kappa shape index (κ1) is 28.3. The van der Waals surface area contributed by atoms with Crippen LogP contribution in [0.3, 0.4) is 0 Å². The Bertz CT molecular complexity index is 871. The van der Waals surface area contributed by atoms with Gasteiger partial charge in [0.15, 0.2) is 0 Å². The lowest BCUT2D eigenvalue weighted by Gasteiger charge is -2.11. The van der Waals surface area contributed by atoms with Crippen molar-refractivity contribution in [2.24, 2.45) is 0 Å². The van der Waals surface area contributed by atoms with Crippen molar-refractivity contribution in [3.05, 3.63) is 70.4 Å². The minimum Gasteiger partial charge on any atom is -0.495 e. The Kier molecular flexibility index (Phi) is 13.7. The lowest BCUT2D eigenvalue weighted by molar-refractivity contribution is 0.0600. The number of ether oxygens (including phenoxy) is 2. The van der Waals surface area contributed by atoms with Crippen molar-refractivity contribution in [3.8, 4) is 5.75 Å². The second kappa shape index (κ2) is 16.0. The van der Waals surface area contributed by atoms with Crippen molar-refractivity contribution < 1.29 is 14.3 Å². The highest BCUT2D eigenvalue weighted by Crippen LogP contribution is 2.26. The van der Waals surface area contributed by atoms with Gasteiger partial charge in [0.2, 0.25) is 0 Å². The molecule has 0 fully saturated rings. The Balaban J connectivity index is 2.44. The van der Waals surface area contributed by atoms with E-state index in [1.54, 1.807) is 25.3 Å². The molecular weight excluding hydrogens is 410 g/mol. The number of methoxy groups -OCH3 is 2. The third-order valence-corrected chi connectivity index (χ3v) is 5.52. The van der Waals surface area contributed by atoms with E-state index in [4.69, 9.17) is 9.47 Å². The van der Waals surface area contributed by atoms with Gasteiger partial charge in [-0.05, 0) is 91.3 Å². The molecule has 1 aromatic rings. The van der Waals surface area contributed by atoms with E-state index in [2.05, 4.69) is 64.2 Å². The van der Waals surface area contributed by atoms with Crippen LogP contribution in [0, 0.1) is 0 Å². The van der Waals surface area contributed by atoms with E-state index in [1.807, 2.05) is 0 Å². The number of hydrogen-bond acceptors (Lipinski definition) is 4. The number of benzene rings is 1. The van der Waals surface area contributed by atoms with Gasteiger partial charge in [0.1, 0.15) is 5.75 Å². The number of carbonyl (C=O) groups is 1. The van der Waals surface area contributed by atoms with Gasteiger partial charge in [-0.15, -0.1) is 0 Å². The molecule has 0 aliphatic heterocycles. The summed E-state index contributed by atoms with van der Waals surface area (Å²) in [5, 5.41) is 3.34. The highest BCUT2D eigenvalue weighted by atomic mass is 16.5. The van der Waals surface area contributed by atoms with Gasteiger partial charge in [-0.1, -0.05) is 46.6 Å². The first-order chi connectivity index (χ1) is 15.8. The number of carbonyl (C=O) groups excluding carboxylic acids is 1. The van der Waals surface area contributed by atoms with Crippen molar-refractivity contribution in [1.82, 2.24) is 0 Å². The number of nitrogens with one attached hydrogen (secondary N) is 1. The Morgan fingerprint density at radius 1 is 0.818 bits per heavy atom. The van der Waals surface area contributed by atoms with E-state index < -0.39 is 0 Å². The zero-order chi connectivity index (χ0) is 24.6. The summed E-state index contributed by atoms with van der Waals surface area (Å²) in [6.07, 6.45) is 15.9. The summed E-state index contributed by atoms with van der Waals surface area (Å²) in [6, 6.07) is 5.24. The summed E-state index contributed by atoms with van der Waals surface area (Å²) in [7, 11) is 3.00. The van der Waals surface area contributed by atoms with Gasteiger partial charge in [-0.2, -0.15) is 0 Å². The predicted octanol–water partition coefficient (Wildman–Crippen LogP) is 8.04. The van der Waals surface area contributed by atoms with Gasteiger partial charge in [0.25, 0.3) is 0 Å². The van der Waals surface area contributed by atoms with E-state index in [0.29, 0.717) is 17.9 Å². The normalized spacial score (nSPS) is 12.4. The minimum atomic E-state index is -0.357. The first-order valence-corrected chi connectivity index (χ1v) is 11.9. The van der Waals surface area contributed by atoms with Crippen LogP contribution in [0.15, 0.2) is 64.8 Å². The molecule has 1 rings (SSSR count). The van der Waals surface area contributed by atoms with Crippen LogP contribution in [-0.2, 0) is 4.74 Å². The zero-order valence-electron chi connectivity index (χ0n) is 21.7. The van der Waals surface area contributed by atoms with Gasteiger partial charge in [-0.25, -0.2) is 4.79 Å². The van der Waals surface area contributed by atoms with Crippen molar-refractivity contribution in [2.45, 2.75) is 73.1 Å². The molecule has 33 heavy (non-hydrogen) atoms. The molecule has 0 saturated carbocycles. The number of anilines is 1. The van der Waals surface area contributed by atoms with E-state index in [1.165, 1.54) is 29.4 Å². The average Bonchev–Trinajstić information content (AvgIpc) is 2.78. The van der Waals surface area contributed by atoms with Crippen LogP contribution in [0.5, 0.6) is 5.75 Å². The molecule has 0 amide bonds. The largest absolute Gasteiger partial charge is 0.495 e. The van der Waals surface area contributed by atoms with Gasteiger partial charge >= 0.3 is 5.97 Å². The van der Waals surface area contributed by atoms with Crippen LogP contribution < -0.4 is 10.1 Å². The Morgan fingerprint density at radius 2 is 1.36 bits per heavy atom. The Labute approximate surface area is 201 Å². The van der Waals surface area contributed by atoms with Crippen LogP contribution in [0.25, 0.3) is 0 Å². The maximum atomic E-state index is 11.8. The summed E-state index contributed by atoms with van der Waals surface area (Å²) in [4.78, 5) is 11.8. The van der Waals surface area contributed by atoms with Crippen molar-refractivity contribution >= 4 is 11.7 Å². The van der Waals surface area contributed by atoms with Gasteiger partial charge in [0, 0.05) is 6.54 Å². The predicted molar refractivity (Wildman–Crippen MR) is 141 cm³/mol. The molecule has 0 atom stereocenters. The standard InChI is InChI=1S/C29H43NO3/c1-22(2)11-8-12-23(3)13-9-14-24(4)15-10-16-25(5)19-20-30-27-21-26(29(31)33-7)17-18-28(27)32-6/h11,13,15,17-19,21,30H,8-10,12,14,16,20H2,1-7H3. The Hall–Kier alpha value is -2.75. The van der Waals surface area contributed by atoms with Crippen LogP contribution in [0.2, 0.25) is 0 Å². The molecular formula is C29H43NO3. The summed E-state index contributed by atoms with van der Waals surface area (Å²) in [5.74, 6) is 0.345. The molecule has 4 heteroatoms. The monoisotopic (exact) mass is 453 g/mol. The van der Waals surface area contributed by atoms with Crippen LogP contribution >= 0.6 is 0 Å². The van der Waals surface area contributed by atoms with E-state index in [9.17, 15) is 4.79 Å². The maximum absolute atomic E-state index is 11.8. The van der Waals surface area contributed by atoms with Crippen LogP contribution in [-0.4, -0.2) is 26.7 Å². The summed E-state index contributed by atoms with van der Waals surface area (Å²) >= 11 is 0. The molecule has 4 nitrogen and oxygen atoms in total. The fourth-order valence-electron chi connectivity index (χ4n) is 3.41. The fraction of sp³-hybridized carbons (Fsp3) is 0.483. The SMILES string of the molecule is COC(=O)c1ccc(OC)c(NCC=C(C)CCC=C(C)CCC=C(C)CCC=C(C)C)c1. The van der Waals surface area contributed by atoms with Crippen molar-refractivity contribution in [2.75, 3.05) is 26.1 Å². The summed E-state index contributed by atoms with van der Waals surface area (Å²) < 4.78 is 10.2. The molecule has 1 N–H and O–H groups in total. The molecule has 1 aromatic carbocycles. The van der Waals surface area contributed by atoms with Crippen LogP contribution in [0.4, 0.5) is 5.69 Å². The average molecular weight is 454 g/mol. The highest BCUT2D eigenvalue weighted by Gasteiger charge is 2.09. The van der Waals surface area contributed by atoms with Crippen LogP contribution in [0.1, 0.15) is 83.5 Å². The van der Waals surface area contributed by atoms with Crippen molar-refractivity contribution in [1.29, 1.82) is 0 Å². The molecule has 0 aromatic heterocycles.